The van der Waals surface area contributed by atoms with Gasteiger partial charge in [0.2, 0.25) is 10.0 Å². The van der Waals surface area contributed by atoms with Crippen molar-refractivity contribution in [3.63, 3.8) is 0 Å². The third-order valence-electron chi connectivity index (χ3n) is 11.2. The van der Waals surface area contributed by atoms with E-state index in [9.17, 15) is 22.0 Å². The largest absolute Gasteiger partial charge is 0.338 e. The molecule has 3 atom stereocenters. The number of carbonyl (C=O) groups excluding carboxylic acids is 1. The minimum absolute atomic E-state index is 0.264. The summed E-state index contributed by atoms with van der Waals surface area (Å²) in [5, 5.41) is 0. The number of nitrogens with zero attached hydrogens (tertiary/aromatic N) is 4. The second kappa shape index (κ2) is 13.4. The molecule has 3 aromatic carbocycles. The fourth-order valence-corrected chi connectivity index (χ4v) is 10.2. The van der Waals surface area contributed by atoms with Gasteiger partial charge in [-0.2, -0.15) is 0 Å². The number of carbonyl (C=O) groups is 1. The van der Waals surface area contributed by atoms with E-state index in [1.54, 1.807) is 26.0 Å². The summed E-state index contributed by atoms with van der Waals surface area (Å²) >= 11 is 0. The number of benzene rings is 3. The normalized spacial score (nSPS) is 22.5. The molecule has 4 heterocycles. The minimum atomic E-state index is -4.31. The highest BCUT2D eigenvalue weighted by Gasteiger charge is 2.44. The lowest BCUT2D eigenvalue weighted by molar-refractivity contribution is 0.0602. The maximum Gasteiger partial charge on any atom is 0.256 e. The van der Waals surface area contributed by atoms with Gasteiger partial charge in [-0.15, -0.1) is 0 Å². The van der Waals surface area contributed by atoms with E-state index >= 15 is 4.39 Å². The van der Waals surface area contributed by atoms with Crippen molar-refractivity contribution >= 4 is 27.0 Å². The number of aryl methyl sites for hydroxylation is 1. The van der Waals surface area contributed by atoms with Crippen LogP contribution in [-0.4, -0.2) is 71.4 Å². The molecule has 4 aromatic rings. The summed E-state index contributed by atoms with van der Waals surface area (Å²) in [6.07, 6.45) is 6.18. The van der Waals surface area contributed by atoms with Crippen molar-refractivity contribution < 1.29 is 26.4 Å². The van der Waals surface area contributed by atoms with E-state index in [1.807, 2.05) is 12.1 Å². The SMILES string of the molecule is Cc1nc2ccccc2n1[C@H]1C[C@H]2CC[C@@H](C1)N2CCC1(c2cccc(F)c2)CCN(C(=O)c2cc(S(=O)(=O)NC(C)C)c(F)cc2F)CC1. The standard InChI is InChI=1S/C38H44F3N5O3S/c1-24(2)43-50(48,49)36-22-31(32(40)23-33(36)41)37(47)44-16-13-38(14-17-44,26-7-6-8-27(39)19-26)15-18-45-28-11-12-29(45)21-30(20-28)46-25(3)42-34-9-4-5-10-35(34)46/h4-10,19,22-24,28-30,43H,11-18,20-21H2,1-3H3/t28-,29+,30+. The number of rotatable bonds is 9. The van der Waals surface area contributed by atoms with Gasteiger partial charge in [0.25, 0.3) is 5.91 Å². The van der Waals surface area contributed by atoms with E-state index in [2.05, 4.69) is 39.3 Å². The Bertz CT molecular complexity index is 2010. The van der Waals surface area contributed by atoms with Gasteiger partial charge >= 0.3 is 0 Å². The molecular weight excluding hydrogens is 664 g/mol. The van der Waals surface area contributed by atoms with Gasteiger partial charge < -0.3 is 9.47 Å². The molecule has 1 aromatic heterocycles. The molecule has 3 saturated heterocycles. The van der Waals surface area contributed by atoms with Crippen molar-refractivity contribution in [1.29, 1.82) is 0 Å². The van der Waals surface area contributed by atoms with Gasteiger partial charge in [0.05, 0.1) is 16.6 Å². The zero-order valence-electron chi connectivity index (χ0n) is 28.7. The van der Waals surface area contributed by atoms with Gasteiger partial charge in [0.1, 0.15) is 28.2 Å². The predicted molar refractivity (Wildman–Crippen MR) is 186 cm³/mol. The smallest absolute Gasteiger partial charge is 0.256 e. The van der Waals surface area contributed by atoms with Gasteiger partial charge in [-0.25, -0.2) is 31.3 Å². The number of imidazole rings is 1. The lowest BCUT2D eigenvalue weighted by Crippen LogP contribution is -2.49. The van der Waals surface area contributed by atoms with Crippen LogP contribution >= 0.6 is 0 Å². The number of fused-ring (bicyclic) bond motifs is 3. The molecule has 266 valence electrons. The van der Waals surface area contributed by atoms with E-state index in [4.69, 9.17) is 4.98 Å². The van der Waals surface area contributed by atoms with Gasteiger partial charge in [0, 0.05) is 43.3 Å². The lowest BCUT2D eigenvalue weighted by Gasteiger charge is -2.45. The van der Waals surface area contributed by atoms with Crippen LogP contribution in [0.5, 0.6) is 0 Å². The summed E-state index contributed by atoms with van der Waals surface area (Å²) in [7, 11) is -4.31. The first-order chi connectivity index (χ1) is 23.8. The highest BCUT2D eigenvalue weighted by molar-refractivity contribution is 7.89. The number of likely N-dealkylation sites (tertiary alicyclic amines) is 1. The summed E-state index contributed by atoms with van der Waals surface area (Å²) in [5.74, 6) is -2.35. The van der Waals surface area contributed by atoms with Gasteiger partial charge in [-0.3, -0.25) is 9.69 Å². The van der Waals surface area contributed by atoms with E-state index < -0.39 is 49.5 Å². The average Bonchev–Trinajstić information content (AvgIpc) is 3.53. The summed E-state index contributed by atoms with van der Waals surface area (Å²) in [5.41, 5.74) is 2.18. The van der Waals surface area contributed by atoms with Gasteiger partial charge in [-0.05, 0) is 114 Å². The number of para-hydroxylation sites is 2. The predicted octanol–water partition coefficient (Wildman–Crippen LogP) is 6.88. The zero-order chi connectivity index (χ0) is 35.4. The van der Waals surface area contributed by atoms with Crippen molar-refractivity contribution in [1.82, 2.24) is 24.1 Å². The Labute approximate surface area is 291 Å². The number of amides is 1. The van der Waals surface area contributed by atoms with Crippen LogP contribution in [0.15, 0.2) is 65.6 Å². The molecule has 0 spiro atoms. The van der Waals surface area contributed by atoms with Crippen LogP contribution in [0, 0.1) is 24.4 Å². The number of nitrogens with one attached hydrogen (secondary N) is 1. The maximum atomic E-state index is 15.0. The molecule has 0 aliphatic carbocycles. The molecule has 1 amide bonds. The van der Waals surface area contributed by atoms with Crippen LogP contribution in [-0.2, 0) is 15.4 Å². The topological polar surface area (TPSA) is 87.5 Å². The fraction of sp³-hybridized carbons (Fsp3) is 0.474. The highest BCUT2D eigenvalue weighted by Crippen LogP contribution is 2.45. The maximum absolute atomic E-state index is 15.0. The fourth-order valence-electron chi connectivity index (χ4n) is 8.87. The molecule has 2 bridgehead atoms. The molecule has 1 N–H and O–H groups in total. The molecular formula is C38H44F3N5O3S. The number of aromatic nitrogens is 2. The summed E-state index contributed by atoms with van der Waals surface area (Å²) in [6.45, 7) is 6.62. The van der Waals surface area contributed by atoms with Gasteiger partial charge in [0.15, 0.2) is 0 Å². The third kappa shape index (κ3) is 6.46. The zero-order valence-corrected chi connectivity index (χ0v) is 29.5. The summed E-state index contributed by atoms with van der Waals surface area (Å²) < 4.78 is 74.5. The molecule has 7 rings (SSSR count). The summed E-state index contributed by atoms with van der Waals surface area (Å²) in [6, 6.07) is 17.0. The van der Waals surface area contributed by atoms with Crippen LogP contribution in [0.4, 0.5) is 13.2 Å². The van der Waals surface area contributed by atoms with Crippen molar-refractivity contribution in [2.45, 2.75) is 100 Å². The Morgan fingerprint density at radius 3 is 2.32 bits per heavy atom. The molecule has 3 fully saturated rings. The van der Waals surface area contributed by atoms with E-state index in [0.717, 1.165) is 61.6 Å². The molecule has 50 heavy (non-hydrogen) atoms. The van der Waals surface area contributed by atoms with Gasteiger partial charge in [-0.1, -0.05) is 24.3 Å². The van der Waals surface area contributed by atoms with Crippen molar-refractivity contribution in [3.05, 3.63) is 95.1 Å². The number of hydrogen-bond acceptors (Lipinski definition) is 5. The number of piperidine rings is 2. The van der Waals surface area contributed by atoms with Crippen molar-refractivity contribution in [2.75, 3.05) is 19.6 Å². The van der Waals surface area contributed by atoms with Crippen LogP contribution in [0.1, 0.15) is 86.6 Å². The average molecular weight is 708 g/mol. The molecule has 0 saturated carbocycles. The van der Waals surface area contributed by atoms with E-state index in [0.29, 0.717) is 37.0 Å². The van der Waals surface area contributed by atoms with E-state index in [-0.39, 0.29) is 18.9 Å². The molecule has 8 nitrogen and oxygen atoms in total. The first-order valence-electron chi connectivity index (χ1n) is 17.6. The molecule has 3 aliphatic rings. The van der Waals surface area contributed by atoms with Crippen molar-refractivity contribution in [3.8, 4) is 0 Å². The Morgan fingerprint density at radius 1 is 0.940 bits per heavy atom. The number of sulfonamides is 1. The van der Waals surface area contributed by atoms with Crippen LogP contribution in [0.25, 0.3) is 11.0 Å². The second-order valence-electron chi connectivity index (χ2n) is 14.6. The third-order valence-corrected chi connectivity index (χ3v) is 12.9. The Kier molecular flexibility index (Phi) is 9.32. The van der Waals surface area contributed by atoms with Crippen LogP contribution in [0.2, 0.25) is 0 Å². The van der Waals surface area contributed by atoms with Crippen molar-refractivity contribution in [2.24, 2.45) is 0 Å². The van der Waals surface area contributed by atoms with Crippen LogP contribution < -0.4 is 4.72 Å². The molecule has 12 heteroatoms. The molecule has 3 aliphatic heterocycles. The number of halogens is 3. The quantitative estimate of drug-likeness (QED) is 0.205. The monoisotopic (exact) mass is 707 g/mol. The lowest BCUT2D eigenvalue weighted by atomic mass is 9.70. The second-order valence-corrected chi connectivity index (χ2v) is 16.3. The molecule has 0 unspecified atom stereocenters. The Hall–Kier alpha value is -3.74. The Balaban J connectivity index is 1.08. The highest BCUT2D eigenvalue weighted by atomic mass is 32.2. The minimum Gasteiger partial charge on any atom is -0.338 e. The van der Waals surface area contributed by atoms with Crippen LogP contribution in [0.3, 0.4) is 0 Å². The number of hydrogen-bond donors (Lipinski definition) is 1. The Morgan fingerprint density at radius 2 is 1.64 bits per heavy atom. The molecule has 0 radical (unpaired) electrons. The van der Waals surface area contributed by atoms with E-state index in [1.165, 1.54) is 16.5 Å². The first-order valence-corrected chi connectivity index (χ1v) is 19.1. The summed E-state index contributed by atoms with van der Waals surface area (Å²) in [4.78, 5) is 21.8. The first kappa shape index (κ1) is 34.7.